The number of hydrogen-bond acceptors (Lipinski definition) is 0. The van der Waals surface area contributed by atoms with Gasteiger partial charge in [-0.3, -0.25) is 0 Å². The molecule has 1 aromatic carbocycles. The number of unbranched alkanes of at least 4 members (excludes halogenated alkanes) is 21. The maximum Gasteiger partial charge on any atom is 0.288 e. The van der Waals surface area contributed by atoms with Gasteiger partial charge >= 0.3 is 0 Å². The molecule has 2 aromatic rings. The summed E-state index contributed by atoms with van der Waals surface area (Å²) in [7, 11) is 0. The zero-order valence-corrected chi connectivity index (χ0v) is 25.6. The molecule has 0 radical (unpaired) electrons. The zero-order valence-electron chi connectivity index (χ0n) is 25.6. The average Bonchev–Trinajstić information content (AvgIpc) is 3.35. The Kier molecular flexibility index (Phi) is 20.0. The number of imidazole rings is 1. The van der Waals surface area contributed by atoms with E-state index in [0.717, 1.165) is 13.1 Å². The molecule has 216 valence electrons. The van der Waals surface area contributed by atoms with Gasteiger partial charge in [0.05, 0.1) is 18.7 Å². The van der Waals surface area contributed by atoms with E-state index in [4.69, 9.17) is 0 Å². The van der Waals surface area contributed by atoms with E-state index in [0.29, 0.717) is 0 Å². The van der Waals surface area contributed by atoms with Crippen molar-refractivity contribution in [2.45, 2.75) is 175 Å². The Hall–Kier alpha value is -1.57. The first-order valence-corrected chi connectivity index (χ1v) is 17.0. The van der Waals surface area contributed by atoms with Gasteiger partial charge in [-0.2, -0.15) is 0 Å². The van der Waals surface area contributed by atoms with Crippen LogP contribution < -0.4 is 4.57 Å². The monoisotopic (exact) mass is 523 g/mol. The molecule has 1 aromatic heterocycles. The molecule has 0 spiro atoms. The molecule has 38 heavy (non-hydrogen) atoms. The Morgan fingerprint density at radius 2 is 0.921 bits per heavy atom. The van der Waals surface area contributed by atoms with Gasteiger partial charge in [-0.1, -0.05) is 154 Å². The lowest BCUT2D eigenvalue weighted by Gasteiger charge is -2.07. The molecular formula is C36H63N2+. The van der Waals surface area contributed by atoms with Crippen molar-refractivity contribution >= 4 is 0 Å². The van der Waals surface area contributed by atoms with Crippen molar-refractivity contribution in [3.8, 4) is 11.4 Å². The Morgan fingerprint density at radius 3 is 1.39 bits per heavy atom. The van der Waals surface area contributed by atoms with Gasteiger partial charge in [0.2, 0.25) is 0 Å². The predicted molar refractivity (Wildman–Crippen MR) is 168 cm³/mol. The highest BCUT2D eigenvalue weighted by Crippen LogP contribution is 2.18. The van der Waals surface area contributed by atoms with Crippen molar-refractivity contribution in [2.75, 3.05) is 0 Å². The maximum absolute atomic E-state index is 2.52. The molecule has 0 aliphatic carbocycles. The topological polar surface area (TPSA) is 8.81 Å². The molecule has 0 unspecified atom stereocenters. The summed E-state index contributed by atoms with van der Waals surface area (Å²) in [5, 5.41) is 0. The highest BCUT2D eigenvalue weighted by molar-refractivity contribution is 5.52. The van der Waals surface area contributed by atoms with Crippen LogP contribution in [0.4, 0.5) is 0 Å². The summed E-state index contributed by atoms with van der Waals surface area (Å²) in [6.07, 6.45) is 37.1. The average molecular weight is 524 g/mol. The standard InChI is InChI=1S/C36H63N2/c1-3-5-7-9-11-13-14-15-16-17-18-19-21-23-28-32-38-34-33-37(36(38)35-29-25-24-26-30-35)31-27-22-20-12-10-8-6-4-2/h24-26,29-30,33-34H,3-23,27-28,31-32H2,1-2H3/q+1. The van der Waals surface area contributed by atoms with Gasteiger partial charge in [0, 0.05) is 0 Å². The van der Waals surface area contributed by atoms with Crippen LogP contribution >= 0.6 is 0 Å². The van der Waals surface area contributed by atoms with Gasteiger partial charge in [-0.25, -0.2) is 9.13 Å². The number of aryl methyl sites for hydroxylation is 2. The third kappa shape index (κ3) is 15.1. The van der Waals surface area contributed by atoms with Gasteiger partial charge < -0.3 is 0 Å². The third-order valence-corrected chi connectivity index (χ3v) is 8.26. The minimum Gasteiger partial charge on any atom is -0.230 e. The summed E-state index contributed by atoms with van der Waals surface area (Å²) in [5.74, 6) is 1.40. The largest absolute Gasteiger partial charge is 0.288 e. The quantitative estimate of drug-likeness (QED) is 0.0856. The molecule has 2 heteroatoms. The maximum atomic E-state index is 2.52. The lowest BCUT2D eigenvalue weighted by Crippen LogP contribution is -2.34. The molecule has 0 aliphatic heterocycles. The third-order valence-electron chi connectivity index (χ3n) is 8.26. The van der Waals surface area contributed by atoms with Crippen LogP contribution in [0.5, 0.6) is 0 Å². The minimum absolute atomic E-state index is 1.14. The smallest absolute Gasteiger partial charge is 0.230 e. The second-order valence-corrected chi connectivity index (χ2v) is 11.8. The minimum atomic E-state index is 1.14. The van der Waals surface area contributed by atoms with Crippen molar-refractivity contribution in [3.63, 3.8) is 0 Å². The van der Waals surface area contributed by atoms with Gasteiger partial charge in [-0.15, -0.1) is 0 Å². The summed E-state index contributed by atoms with van der Waals surface area (Å²) >= 11 is 0. The molecule has 0 fully saturated rings. The Balaban J connectivity index is 1.59. The van der Waals surface area contributed by atoms with Crippen LogP contribution in [0, 0.1) is 0 Å². The summed E-state index contributed by atoms with van der Waals surface area (Å²) in [6.45, 7) is 6.89. The fourth-order valence-corrected chi connectivity index (χ4v) is 5.82. The number of aromatic nitrogens is 2. The van der Waals surface area contributed by atoms with Crippen LogP contribution in [-0.4, -0.2) is 4.57 Å². The van der Waals surface area contributed by atoms with E-state index in [-0.39, 0.29) is 0 Å². The van der Waals surface area contributed by atoms with E-state index in [9.17, 15) is 0 Å². The fourth-order valence-electron chi connectivity index (χ4n) is 5.82. The number of nitrogens with zero attached hydrogens (tertiary/aromatic N) is 2. The molecule has 0 saturated heterocycles. The summed E-state index contributed by atoms with van der Waals surface area (Å²) < 4.78 is 5.03. The van der Waals surface area contributed by atoms with E-state index < -0.39 is 0 Å². The SMILES string of the molecule is CCCCCCCCCCCCCCCCCn1cc[n+](CCCCCCCCCC)c1-c1ccccc1. The first-order valence-electron chi connectivity index (χ1n) is 17.0. The molecule has 0 aliphatic rings. The molecule has 0 amide bonds. The Morgan fingerprint density at radius 1 is 0.500 bits per heavy atom. The summed E-state index contributed by atoms with van der Waals surface area (Å²) in [6, 6.07) is 11.1. The van der Waals surface area contributed by atoms with E-state index >= 15 is 0 Å². The van der Waals surface area contributed by atoms with Crippen LogP contribution in [0.2, 0.25) is 0 Å². The Bertz CT molecular complexity index is 763. The van der Waals surface area contributed by atoms with Crippen molar-refractivity contribution in [1.29, 1.82) is 0 Å². The van der Waals surface area contributed by atoms with Crippen molar-refractivity contribution < 1.29 is 4.57 Å². The number of benzene rings is 1. The molecule has 1 heterocycles. The highest BCUT2D eigenvalue weighted by atomic mass is 15.1. The van der Waals surface area contributed by atoms with E-state index in [2.05, 4.69) is 65.7 Å². The van der Waals surface area contributed by atoms with Crippen molar-refractivity contribution in [3.05, 3.63) is 42.7 Å². The van der Waals surface area contributed by atoms with Gasteiger partial charge in [0.1, 0.15) is 12.4 Å². The Labute approximate surface area is 237 Å². The van der Waals surface area contributed by atoms with Crippen molar-refractivity contribution in [1.82, 2.24) is 4.57 Å². The second kappa shape index (κ2) is 23.3. The molecule has 0 atom stereocenters. The molecule has 0 bridgehead atoms. The van der Waals surface area contributed by atoms with Crippen molar-refractivity contribution in [2.24, 2.45) is 0 Å². The summed E-state index contributed by atoms with van der Waals surface area (Å²) in [5.41, 5.74) is 1.36. The molecule has 0 N–H and O–H groups in total. The van der Waals surface area contributed by atoms with Crippen LogP contribution in [0.3, 0.4) is 0 Å². The lowest BCUT2D eigenvalue weighted by molar-refractivity contribution is -0.686. The molecule has 0 saturated carbocycles. The molecule has 2 rings (SSSR count). The summed E-state index contributed by atoms with van der Waals surface area (Å²) in [4.78, 5) is 0. The fraction of sp³-hybridized carbons (Fsp3) is 0.750. The molecule has 2 nitrogen and oxygen atoms in total. The van der Waals surface area contributed by atoms with Gasteiger partial charge in [-0.05, 0) is 37.8 Å². The van der Waals surface area contributed by atoms with Crippen LogP contribution in [-0.2, 0) is 13.1 Å². The first-order chi connectivity index (χ1) is 18.9. The van der Waals surface area contributed by atoms with E-state index in [1.807, 2.05) is 0 Å². The number of hydrogen-bond donors (Lipinski definition) is 0. The van der Waals surface area contributed by atoms with Crippen LogP contribution in [0.15, 0.2) is 42.7 Å². The lowest BCUT2D eigenvalue weighted by atomic mass is 10.0. The van der Waals surface area contributed by atoms with Gasteiger partial charge in [0.25, 0.3) is 5.82 Å². The number of rotatable bonds is 26. The van der Waals surface area contributed by atoms with E-state index in [1.54, 1.807) is 0 Å². The predicted octanol–water partition coefficient (Wildman–Crippen LogP) is 11.5. The zero-order chi connectivity index (χ0) is 26.9. The van der Waals surface area contributed by atoms with E-state index in [1.165, 1.54) is 159 Å². The molecular weight excluding hydrogens is 460 g/mol. The van der Waals surface area contributed by atoms with Gasteiger partial charge in [0.15, 0.2) is 0 Å². The highest BCUT2D eigenvalue weighted by Gasteiger charge is 2.18. The normalized spacial score (nSPS) is 11.4. The second-order valence-electron chi connectivity index (χ2n) is 11.8. The first kappa shape index (κ1) is 32.6. The van der Waals surface area contributed by atoms with Crippen LogP contribution in [0.25, 0.3) is 11.4 Å². The van der Waals surface area contributed by atoms with Crippen LogP contribution in [0.1, 0.15) is 162 Å².